The van der Waals surface area contributed by atoms with Gasteiger partial charge >= 0.3 is 0 Å². The Morgan fingerprint density at radius 1 is 1.19 bits per heavy atom. The number of hydrogen-bond acceptors (Lipinski definition) is 1. The number of amides is 1. The maximum absolute atomic E-state index is 13.5. The predicted octanol–water partition coefficient (Wildman–Crippen LogP) is 4.93. The molecular formula is C16H14Cl2FNO. The van der Waals surface area contributed by atoms with Gasteiger partial charge in [0, 0.05) is 0 Å². The largest absolute Gasteiger partial charge is 0.345 e. The van der Waals surface area contributed by atoms with E-state index >= 15 is 0 Å². The fourth-order valence-electron chi connectivity index (χ4n) is 2.12. The van der Waals surface area contributed by atoms with Gasteiger partial charge in [0.2, 0.25) is 0 Å². The van der Waals surface area contributed by atoms with Crippen molar-refractivity contribution in [1.29, 1.82) is 0 Å². The van der Waals surface area contributed by atoms with Crippen LogP contribution in [-0.4, -0.2) is 5.91 Å². The average molecular weight is 326 g/mol. The van der Waals surface area contributed by atoms with E-state index in [0.717, 1.165) is 17.2 Å². The normalized spacial score (nSPS) is 12.0. The molecule has 5 heteroatoms. The topological polar surface area (TPSA) is 29.1 Å². The number of nitrogens with one attached hydrogen (secondary N) is 1. The summed E-state index contributed by atoms with van der Waals surface area (Å²) in [4.78, 5) is 12.2. The molecule has 0 aliphatic heterocycles. The molecule has 0 aromatic heterocycles. The summed E-state index contributed by atoms with van der Waals surface area (Å²) in [6.45, 7) is 3.83. The van der Waals surface area contributed by atoms with Crippen molar-refractivity contribution in [2.24, 2.45) is 0 Å². The van der Waals surface area contributed by atoms with E-state index in [9.17, 15) is 9.18 Å². The molecule has 0 heterocycles. The average Bonchev–Trinajstić information content (AvgIpc) is 2.43. The monoisotopic (exact) mass is 325 g/mol. The molecule has 0 fully saturated rings. The van der Waals surface area contributed by atoms with Crippen LogP contribution < -0.4 is 5.32 Å². The van der Waals surface area contributed by atoms with Crippen LogP contribution >= 0.6 is 23.2 Å². The Morgan fingerprint density at radius 2 is 1.86 bits per heavy atom. The van der Waals surface area contributed by atoms with Crippen LogP contribution in [0.15, 0.2) is 36.4 Å². The molecule has 2 rings (SSSR count). The third-order valence-corrected chi connectivity index (χ3v) is 3.86. The van der Waals surface area contributed by atoms with E-state index in [4.69, 9.17) is 23.2 Å². The highest BCUT2D eigenvalue weighted by atomic mass is 35.5. The summed E-state index contributed by atoms with van der Waals surface area (Å²) in [5, 5.41) is 2.82. The summed E-state index contributed by atoms with van der Waals surface area (Å²) < 4.78 is 13.5. The molecule has 0 aliphatic carbocycles. The molecule has 2 aromatic carbocycles. The highest BCUT2D eigenvalue weighted by Crippen LogP contribution is 2.25. The van der Waals surface area contributed by atoms with Crippen LogP contribution in [0, 0.1) is 12.7 Å². The number of halogens is 3. The Bertz CT molecular complexity index is 688. The smallest absolute Gasteiger partial charge is 0.253 e. The van der Waals surface area contributed by atoms with Gasteiger partial charge in [-0.15, -0.1) is 0 Å². The van der Waals surface area contributed by atoms with E-state index in [2.05, 4.69) is 5.32 Å². The second kappa shape index (κ2) is 6.46. The third-order valence-electron chi connectivity index (χ3n) is 3.26. The summed E-state index contributed by atoms with van der Waals surface area (Å²) >= 11 is 11.6. The first-order chi connectivity index (χ1) is 9.90. The predicted molar refractivity (Wildman–Crippen MR) is 83.5 cm³/mol. The minimum Gasteiger partial charge on any atom is -0.345 e. The highest BCUT2D eigenvalue weighted by molar-refractivity contribution is 6.36. The second-order valence-corrected chi connectivity index (χ2v) is 5.61. The number of hydrogen-bond donors (Lipinski definition) is 1. The first-order valence-electron chi connectivity index (χ1n) is 6.41. The number of benzene rings is 2. The Labute approximate surface area is 132 Å². The minimum absolute atomic E-state index is 0.0685. The molecule has 2 aromatic rings. The Kier molecular flexibility index (Phi) is 4.86. The lowest BCUT2D eigenvalue weighted by molar-refractivity contribution is 0.0939. The standard InChI is InChI=1S/C16H14Cl2FNO/c1-9-5-3-4-6-11(9)10(2)20-16(21)12-7-15(19)14(18)8-13(12)17/h3-8,10H,1-2H3,(H,20,21)/t10-/m1/s1. The molecule has 0 aliphatic rings. The van der Waals surface area contributed by atoms with Gasteiger partial charge in [-0.1, -0.05) is 47.5 Å². The summed E-state index contributed by atoms with van der Waals surface area (Å²) in [5.41, 5.74) is 2.13. The second-order valence-electron chi connectivity index (χ2n) is 4.80. The fraction of sp³-hybridized carbons (Fsp3) is 0.188. The molecule has 1 amide bonds. The molecule has 110 valence electrons. The van der Waals surface area contributed by atoms with Crippen molar-refractivity contribution in [2.75, 3.05) is 0 Å². The van der Waals surface area contributed by atoms with E-state index in [0.29, 0.717) is 0 Å². The van der Waals surface area contributed by atoms with Crippen LogP contribution in [0.5, 0.6) is 0 Å². The minimum atomic E-state index is -0.672. The van der Waals surface area contributed by atoms with Gasteiger partial charge in [0.05, 0.1) is 21.7 Å². The van der Waals surface area contributed by atoms with Crippen LogP contribution in [0.1, 0.15) is 34.5 Å². The SMILES string of the molecule is Cc1ccccc1[C@@H](C)NC(=O)c1cc(F)c(Cl)cc1Cl. The van der Waals surface area contributed by atoms with Crippen molar-refractivity contribution in [3.63, 3.8) is 0 Å². The fourth-order valence-corrected chi connectivity index (χ4v) is 2.59. The van der Waals surface area contributed by atoms with Gasteiger partial charge in [-0.25, -0.2) is 4.39 Å². The molecule has 0 spiro atoms. The van der Waals surface area contributed by atoms with Crippen LogP contribution in [0.2, 0.25) is 10.0 Å². The van der Waals surface area contributed by atoms with E-state index in [1.165, 1.54) is 6.07 Å². The molecule has 21 heavy (non-hydrogen) atoms. The number of carbonyl (C=O) groups is 1. The highest BCUT2D eigenvalue weighted by Gasteiger charge is 2.17. The summed E-state index contributed by atoms with van der Waals surface area (Å²) in [7, 11) is 0. The zero-order valence-corrected chi connectivity index (χ0v) is 13.1. The lowest BCUT2D eigenvalue weighted by Gasteiger charge is -2.17. The molecule has 1 N–H and O–H groups in total. The third kappa shape index (κ3) is 3.55. The van der Waals surface area contributed by atoms with Gasteiger partial charge in [0.1, 0.15) is 5.82 Å². The lowest BCUT2D eigenvalue weighted by Crippen LogP contribution is -2.27. The van der Waals surface area contributed by atoms with E-state index in [1.807, 2.05) is 38.1 Å². The number of carbonyl (C=O) groups excluding carboxylic acids is 1. The van der Waals surface area contributed by atoms with Crippen molar-refractivity contribution < 1.29 is 9.18 Å². The maximum Gasteiger partial charge on any atom is 0.253 e. The summed E-state index contributed by atoms with van der Waals surface area (Å²) in [5.74, 6) is -1.11. The first kappa shape index (κ1) is 15.8. The van der Waals surface area contributed by atoms with Crippen molar-refractivity contribution in [2.45, 2.75) is 19.9 Å². The van der Waals surface area contributed by atoms with Gasteiger partial charge in [-0.2, -0.15) is 0 Å². The summed E-state index contributed by atoms with van der Waals surface area (Å²) in [6.07, 6.45) is 0. The van der Waals surface area contributed by atoms with E-state index in [-0.39, 0.29) is 21.7 Å². The molecule has 0 saturated heterocycles. The molecular weight excluding hydrogens is 312 g/mol. The van der Waals surface area contributed by atoms with Crippen molar-refractivity contribution in [3.8, 4) is 0 Å². The zero-order chi connectivity index (χ0) is 15.6. The number of aryl methyl sites for hydroxylation is 1. The van der Waals surface area contributed by atoms with Crippen LogP contribution in [0.25, 0.3) is 0 Å². The molecule has 0 saturated carbocycles. The molecule has 0 unspecified atom stereocenters. The quantitative estimate of drug-likeness (QED) is 0.796. The van der Waals surface area contributed by atoms with E-state index < -0.39 is 11.7 Å². The van der Waals surface area contributed by atoms with Crippen molar-refractivity contribution in [1.82, 2.24) is 5.32 Å². The Hall–Kier alpha value is -1.58. The van der Waals surface area contributed by atoms with Gasteiger partial charge < -0.3 is 5.32 Å². The first-order valence-corrected chi connectivity index (χ1v) is 7.16. The van der Waals surface area contributed by atoms with Gasteiger partial charge in [0.15, 0.2) is 0 Å². The molecule has 1 atom stereocenters. The van der Waals surface area contributed by atoms with Crippen molar-refractivity contribution in [3.05, 3.63) is 69.0 Å². The Morgan fingerprint density at radius 3 is 2.52 bits per heavy atom. The van der Waals surface area contributed by atoms with Crippen LogP contribution in [0.3, 0.4) is 0 Å². The lowest BCUT2D eigenvalue weighted by atomic mass is 10.0. The molecule has 2 nitrogen and oxygen atoms in total. The maximum atomic E-state index is 13.5. The number of rotatable bonds is 3. The molecule has 0 bridgehead atoms. The summed E-state index contributed by atoms with van der Waals surface area (Å²) in [6, 6.07) is 9.79. The zero-order valence-electron chi connectivity index (χ0n) is 11.6. The van der Waals surface area contributed by atoms with Crippen LogP contribution in [-0.2, 0) is 0 Å². The van der Waals surface area contributed by atoms with E-state index in [1.54, 1.807) is 0 Å². The Balaban J connectivity index is 2.22. The van der Waals surface area contributed by atoms with Gasteiger partial charge in [0.25, 0.3) is 5.91 Å². The van der Waals surface area contributed by atoms with Gasteiger partial charge in [-0.3, -0.25) is 4.79 Å². The van der Waals surface area contributed by atoms with Crippen LogP contribution in [0.4, 0.5) is 4.39 Å². The van der Waals surface area contributed by atoms with Gasteiger partial charge in [-0.05, 0) is 37.1 Å². The van der Waals surface area contributed by atoms with Crippen molar-refractivity contribution >= 4 is 29.1 Å². The molecule has 0 radical (unpaired) electrons.